The van der Waals surface area contributed by atoms with Gasteiger partial charge in [0, 0.05) is 14.9 Å². The molecule has 0 spiro atoms. The molecule has 2 rings (SSSR count). The van der Waals surface area contributed by atoms with E-state index in [1.54, 1.807) is 0 Å². The third-order valence-electron chi connectivity index (χ3n) is 3.35. The maximum absolute atomic E-state index is 11.7. The Kier molecular flexibility index (Phi) is 3.50. The standard InChI is InChI=1S/C13H14BrClO2/c1-3-17-12(16)10-7-13(10,2)9-5-4-8(14)6-11(9)15/h4-6,10H,3,7H2,1-2H3/t10-,13-/m0/s1. The van der Waals surface area contributed by atoms with Crippen LogP contribution in [0.15, 0.2) is 22.7 Å². The summed E-state index contributed by atoms with van der Waals surface area (Å²) in [7, 11) is 0. The number of ether oxygens (including phenoxy) is 1. The van der Waals surface area contributed by atoms with E-state index < -0.39 is 0 Å². The third kappa shape index (κ3) is 2.36. The topological polar surface area (TPSA) is 26.3 Å². The van der Waals surface area contributed by atoms with Gasteiger partial charge in [-0.1, -0.05) is 40.5 Å². The minimum absolute atomic E-state index is 0.0545. The molecule has 1 aromatic rings. The normalized spacial score (nSPS) is 26.7. The molecule has 1 aromatic carbocycles. The van der Waals surface area contributed by atoms with Gasteiger partial charge in [-0.25, -0.2) is 0 Å². The molecule has 0 saturated heterocycles. The first kappa shape index (κ1) is 12.9. The summed E-state index contributed by atoms with van der Waals surface area (Å²) >= 11 is 9.60. The van der Waals surface area contributed by atoms with Crippen LogP contribution in [-0.4, -0.2) is 12.6 Å². The molecular weight excluding hydrogens is 303 g/mol. The summed E-state index contributed by atoms with van der Waals surface area (Å²) < 4.78 is 6.00. The molecule has 0 aromatic heterocycles. The van der Waals surface area contributed by atoms with Gasteiger partial charge in [-0.15, -0.1) is 0 Å². The van der Waals surface area contributed by atoms with E-state index in [9.17, 15) is 4.79 Å². The number of halogens is 2. The molecule has 0 heterocycles. The zero-order chi connectivity index (χ0) is 12.6. The van der Waals surface area contributed by atoms with Crippen molar-refractivity contribution in [3.8, 4) is 0 Å². The Hall–Kier alpha value is -0.540. The highest BCUT2D eigenvalue weighted by Gasteiger charge is 2.57. The van der Waals surface area contributed by atoms with Crippen molar-refractivity contribution in [2.45, 2.75) is 25.7 Å². The van der Waals surface area contributed by atoms with E-state index in [1.807, 2.05) is 25.1 Å². The van der Waals surface area contributed by atoms with Crippen LogP contribution < -0.4 is 0 Å². The fourth-order valence-electron chi connectivity index (χ4n) is 2.20. The van der Waals surface area contributed by atoms with Crippen molar-refractivity contribution < 1.29 is 9.53 Å². The third-order valence-corrected chi connectivity index (χ3v) is 4.16. The molecular formula is C13H14BrClO2. The van der Waals surface area contributed by atoms with Crippen LogP contribution in [0.2, 0.25) is 5.02 Å². The van der Waals surface area contributed by atoms with Gasteiger partial charge in [-0.2, -0.15) is 0 Å². The average Bonchev–Trinajstić information content (AvgIpc) is 2.92. The lowest BCUT2D eigenvalue weighted by Crippen LogP contribution is -2.15. The lowest BCUT2D eigenvalue weighted by atomic mass is 9.95. The van der Waals surface area contributed by atoms with E-state index in [2.05, 4.69) is 22.9 Å². The molecule has 2 atom stereocenters. The highest BCUT2D eigenvalue weighted by molar-refractivity contribution is 9.10. The van der Waals surface area contributed by atoms with Crippen molar-refractivity contribution in [1.29, 1.82) is 0 Å². The van der Waals surface area contributed by atoms with Gasteiger partial charge >= 0.3 is 5.97 Å². The molecule has 2 nitrogen and oxygen atoms in total. The quantitative estimate of drug-likeness (QED) is 0.789. The van der Waals surface area contributed by atoms with Gasteiger partial charge in [0.15, 0.2) is 0 Å². The van der Waals surface area contributed by atoms with Crippen molar-refractivity contribution in [2.24, 2.45) is 5.92 Å². The second-order valence-corrected chi connectivity index (χ2v) is 5.87. The Labute approximate surface area is 114 Å². The summed E-state index contributed by atoms with van der Waals surface area (Å²) in [5.41, 5.74) is 0.866. The molecule has 0 N–H and O–H groups in total. The van der Waals surface area contributed by atoms with Gasteiger partial charge in [0.25, 0.3) is 0 Å². The van der Waals surface area contributed by atoms with Gasteiger partial charge in [-0.3, -0.25) is 4.79 Å². The van der Waals surface area contributed by atoms with Crippen LogP contribution in [0.1, 0.15) is 25.8 Å². The molecule has 1 aliphatic carbocycles. The van der Waals surface area contributed by atoms with Gasteiger partial charge < -0.3 is 4.74 Å². The molecule has 1 saturated carbocycles. The molecule has 92 valence electrons. The minimum Gasteiger partial charge on any atom is -0.466 e. The summed E-state index contributed by atoms with van der Waals surface area (Å²) in [6, 6.07) is 5.79. The Balaban J connectivity index is 2.22. The highest BCUT2D eigenvalue weighted by Crippen LogP contribution is 2.56. The monoisotopic (exact) mass is 316 g/mol. The van der Waals surface area contributed by atoms with Crippen molar-refractivity contribution >= 4 is 33.5 Å². The van der Waals surface area contributed by atoms with E-state index in [0.717, 1.165) is 16.5 Å². The van der Waals surface area contributed by atoms with Crippen molar-refractivity contribution in [2.75, 3.05) is 6.61 Å². The van der Waals surface area contributed by atoms with Crippen LogP contribution in [0.3, 0.4) is 0 Å². The van der Waals surface area contributed by atoms with Crippen LogP contribution in [0.4, 0.5) is 0 Å². The number of esters is 1. The van der Waals surface area contributed by atoms with Crippen LogP contribution in [0, 0.1) is 5.92 Å². The van der Waals surface area contributed by atoms with Crippen LogP contribution in [0.5, 0.6) is 0 Å². The van der Waals surface area contributed by atoms with E-state index in [1.165, 1.54) is 0 Å². The predicted molar refractivity (Wildman–Crippen MR) is 71.2 cm³/mol. The number of benzene rings is 1. The first-order valence-electron chi connectivity index (χ1n) is 5.61. The Morgan fingerprint density at radius 3 is 2.94 bits per heavy atom. The Morgan fingerprint density at radius 2 is 2.35 bits per heavy atom. The number of carbonyl (C=O) groups excluding carboxylic acids is 1. The van der Waals surface area contributed by atoms with Gasteiger partial charge in [0.05, 0.1) is 12.5 Å². The molecule has 0 aliphatic heterocycles. The fourth-order valence-corrected chi connectivity index (χ4v) is 3.09. The molecule has 4 heteroatoms. The van der Waals surface area contributed by atoms with Crippen molar-refractivity contribution in [3.63, 3.8) is 0 Å². The Morgan fingerprint density at radius 1 is 1.65 bits per heavy atom. The van der Waals surface area contributed by atoms with Crippen molar-refractivity contribution in [3.05, 3.63) is 33.3 Å². The molecule has 0 unspecified atom stereocenters. The summed E-state index contributed by atoms with van der Waals surface area (Å²) in [5, 5.41) is 0.702. The average molecular weight is 318 g/mol. The Bertz CT molecular complexity index is 461. The molecule has 17 heavy (non-hydrogen) atoms. The van der Waals surface area contributed by atoms with Crippen LogP contribution >= 0.6 is 27.5 Å². The number of carbonyl (C=O) groups is 1. The molecule has 0 amide bonds. The van der Waals surface area contributed by atoms with Gasteiger partial charge in [0.2, 0.25) is 0 Å². The maximum atomic E-state index is 11.7. The van der Waals surface area contributed by atoms with E-state index >= 15 is 0 Å². The van der Waals surface area contributed by atoms with Crippen molar-refractivity contribution in [1.82, 2.24) is 0 Å². The molecule has 0 radical (unpaired) electrons. The highest BCUT2D eigenvalue weighted by atomic mass is 79.9. The molecule has 1 aliphatic rings. The zero-order valence-electron chi connectivity index (χ0n) is 9.80. The minimum atomic E-state index is -0.163. The number of rotatable bonds is 3. The SMILES string of the molecule is CCOC(=O)[C@@H]1C[C@@]1(C)c1ccc(Br)cc1Cl. The lowest BCUT2D eigenvalue weighted by molar-refractivity contribution is -0.145. The number of hydrogen-bond acceptors (Lipinski definition) is 2. The van der Waals surface area contributed by atoms with E-state index in [4.69, 9.17) is 16.3 Å². The summed E-state index contributed by atoms with van der Waals surface area (Å²) in [5.74, 6) is -0.171. The number of hydrogen-bond donors (Lipinski definition) is 0. The summed E-state index contributed by atoms with van der Waals surface area (Å²) in [6.07, 6.45) is 0.813. The molecule has 0 bridgehead atoms. The van der Waals surface area contributed by atoms with Gasteiger partial charge in [0.1, 0.15) is 0 Å². The zero-order valence-corrected chi connectivity index (χ0v) is 12.1. The molecule has 1 fully saturated rings. The second-order valence-electron chi connectivity index (χ2n) is 4.55. The first-order valence-corrected chi connectivity index (χ1v) is 6.78. The second kappa shape index (κ2) is 4.62. The largest absolute Gasteiger partial charge is 0.466 e. The summed E-state index contributed by atoms with van der Waals surface area (Å²) in [6.45, 7) is 4.31. The van der Waals surface area contributed by atoms with Crippen LogP contribution in [0.25, 0.3) is 0 Å². The van der Waals surface area contributed by atoms with E-state index in [-0.39, 0.29) is 17.3 Å². The van der Waals surface area contributed by atoms with Gasteiger partial charge in [-0.05, 0) is 31.0 Å². The maximum Gasteiger partial charge on any atom is 0.309 e. The predicted octanol–water partition coefficient (Wildman–Crippen LogP) is 3.94. The van der Waals surface area contributed by atoms with Crippen LogP contribution in [-0.2, 0) is 14.9 Å². The first-order chi connectivity index (χ1) is 7.99. The lowest BCUT2D eigenvalue weighted by Gasteiger charge is -2.13. The fraction of sp³-hybridized carbons (Fsp3) is 0.462. The summed E-state index contributed by atoms with van der Waals surface area (Å²) in [4.78, 5) is 11.7. The smallest absolute Gasteiger partial charge is 0.309 e. The van der Waals surface area contributed by atoms with E-state index in [0.29, 0.717) is 11.6 Å².